The Morgan fingerprint density at radius 1 is 1.45 bits per heavy atom. The fourth-order valence-corrected chi connectivity index (χ4v) is 1.97. The van der Waals surface area contributed by atoms with Crippen LogP contribution in [0.4, 0.5) is 16.2 Å². The van der Waals surface area contributed by atoms with Crippen molar-refractivity contribution in [3.8, 4) is 0 Å². The van der Waals surface area contributed by atoms with Crippen LogP contribution in [0, 0.1) is 10.1 Å². The third-order valence-electron chi connectivity index (χ3n) is 2.88. The van der Waals surface area contributed by atoms with Crippen molar-refractivity contribution < 1.29 is 9.72 Å². The van der Waals surface area contributed by atoms with Gasteiger partial charge in [-0.25, -0.2) is 4.79 Å². The number of pyridine rings is 1. The number of nitro groups is 1. The van der Waals surface area contributed by atoms with Gasteiger partial charge in [0.05, 0.1) is 4.92 Å². The molecule has 0 saturated carbocycles. The van der Waals surface area contributed by atoms with Crippen molar-refractivity contribution in [3.05, 3.63) is 63.4 Å². The Balaban J connectivity index is 2.05. The maximum Gasteiger partial charge on any atom is 0.321 e. The Morgan fingerprint density at radius 2 is 2.23 bits per heavy atom. The summed E-state index contributed by atoms with van der Waals surface area (Å²) in [7, 11) is 1.62. The minimum absolute atomic E-state index is 0.0201. The van der Waals surface area contributed by atoms with Crippen LogP contribution >= 0.6 is 11.6 Å². The molecular weight excluding hydrogens is 308 g/mol. The SMILES string of the molecule is CN(Cc1cccnc1)C(=O)Nc1ccc(Cl)c([N+](=O)[O-])c1. The van der Waals surface area contributed by atoms with Crippen LogP contribution < -0.4 is 5.32 Å². The molecule has 0 aliphatic carbocycles. The summed E-state index contributed by atoms with van der Waals surface area (Å²) in [6.07, 6.45) is 3.31. The number of carbonyl (C=O) groups is 1. The highest BCUT2D eigenvalue weighted by Gasteiger charge is 2.15. The normalized spacial score (nSPS) is 10.1. The molecule has 1 N–H and O–H groups in total. The van der Waals surface area contributed by atoms with E-state index in [4.69, 9.17) is 11.6 Å². The predicted octanol–water partition coefficient (Wildman–Crippen LogP) is 3.31. The van der Waals surface area contributed by atoms with Crippen LogP contribution in [-0.4, -0.2) is 27.9 Å². The lowest BCUT2D eigenvalue weighted by atomic mass is 10.2. The summed E-state index contributed by atoms with van der Waals surface area (Å²) in [4.78, 5) is 27.7. The summed E-state index contributed by atoms with van der Waals surface area (Å²) in [5, 5.41) is 13.4. The van der Waals surface area contributed by atoms with Crippen LogP contribution in [0.15, 0.2) is 42.7 Å². The van der Waals surface area contributed by atoms with Crippen molar-refractivity contribution >= 4 is 29.0 Å². The molecular formula is C14H13ClN4O3. The van der Waals surface area contributed by atoms with E-state index < -0.39 is 4.92 Å². The smallest absolute Gasteiger partial charge is 0.321 e. The van der Waals surface area contributed by atoms with E-state index in [0.29, 0.717) is 12.2 Å². The van der Waals surface area contributed by atoms with Crippen LogP contribution in [0.5, 0.6) is 0 Å². The first-order chi connectivity index (χ1) is 10.5. The number of anilines is 1. The van der Waals surface area contributed by atoms with Crippen molar-refractivity contribution in [2.45, 2.75) is 6.54 Å². The highest BCUT2D eigenvalue weighted by Crippen LogP contribution is 2.27. The molecule has 8 heteroatoms. The van der Waals surface area contributed by atoms with E-state index in [1.165, 1.54) is 23.1 Å². The molecule has 0 spiro atoms. The fraction of sp³-hybridized carbons (Fsp3) is 0.143. The second-order valence-electron chi connectivity index (χ2n) is 4.57. The third-order valence-corrected chi connectivity index (χ3v) is 3.20. The highest BCUT2D eigenvalue weighted by atomic mass is 35.5. The minimum atomic E-state index is -0.600. The summed E-state index contributed by atoms with van der Waals surface area (Å²) in [5.41, 5.74) is 0.927. The Kier molecular flexibility index (Phi) is 4.90. The van der Waals surface area contributed by atoms with Crippen molar-refractivity contribution in [3.63, 3.8) is 0 Å². The lowest BCUT2D eigenvalue weighted by Crippen LogP contribution is -2.30. The van der Waals surface area contributed by atoms with Gasteiger partial charge in [-0.2, -0.15) is 0 Å². The average Bonchev–Trinajstić information content (AvgIpc) is 2.49. The molecule has 0 saturated heterocycles. The molecule has 0 aliphatic heterocycles. The van der Waals surface area contributed by atoms with Crippen molar-refractivity contribution in [1.82, 2.24) is 9.88 Å². The average molecular weight is 321 g/mol. The number of hydrogen-bond donors (Lipinski definition) is 1. The summed E-state index contributed by atoms with van der Waals surface area (Å²) in [5.74, 6) is 0. The third kappa shape index (κ3) is 3.92. The molecule has 0 bridgehead atoms. The number of benzene rings is 1. The molecule has 0 unspecified atom stereocenters. The van der Waals surface area contributed by atoms with Gasteiger partial charge in [0.1, 0.15) is 5.02 Å². The fourth-order valence-electron chi connectivity index (χ4n) is 1.79. The first-order valence-corrected chi connectivity index (χ1v) is 6.70. The van der Waals surface area contributed by atoms with Gasteiger partial charge in [0.2, 0.25) is 0 Å². The number of nitrogens with zero attached hydrogens (tertiary/aromatic N) is 3. The van der Waals surface area contributed by atoms with Gasteiger partial charge in [-0.3, -0.25) is 15.1 Å². The number of nitro benzene ring substituents is 1. The molecule has 2 rings (SSSR count). The Morgan fingerprint density at radius 3 is 2.86 bits per heavy atom. The number of rotatable bonds is 4. The van der Waals surface area contributed by atoms with E-state index in [2.05, 4.69) is 10.3 Å². The maximum absolute atomic E-state index is 12.1. The molecule has 1 aromatic carbocycles. The van der Waals surface area contributed by atoms with E-state index in [9.17, 15) is 14.9 Å². The van der Waals surface area contributed by atoms with Crippen molar-refractivity contribution in [2.24, 2.45) is 0 Å². The van der Waals surface area contributed by atoms with Gasteiger partial charge in [0.15, 0.2) is 0 Å². The van der Waals surface area contributed by atoms with E-state index in [1.54, 1.807) is 25.5 Å². The summed E-state index contributed by atoms with van der Waals surface area (Å²) < 4.78 is 0. The van der Waals surface area contributed by atoms with Gasteiger partial charge in [0, 0.05) is 37.7 Å². The van der Waals surface area contributed by atoms with E-state index in [-0.39, 0.29) is 16.7 Å². The van der Waals surface area contributed by atoms with Crippen LogP contribution in [0.2, 0.25) is 5.02 Å². The molecule has 0 atom stereocenters. The second-order valence-corrected chi connectivity index (χ2v) is 4.98. The standard InChI is InChI=1S/C14H13ClN4O3/c1-18(9-10-3-2-6-16-8-10)14(20)17-11-4-5-12(15)13(7-11)19(21)22/h2-8H,9H2,1H3,(H,17,20). The van der Waals surface area contributed by atoms with E-state index >= 15 is 0 Å². The second kappa shape index (κ2) is 6.86. The largest absolute Gasteiger partial charge is 0.323 e. The lowest BCUT2D eigenvalue weighted by Gasteiger charge is -2.17. The number of carbonyl (C=O) groups excluding carboxylic acids is 1. The number of urea groups is 1. The van der Waals surface area contributed by atoms with Gasteiger partial charge >= 0.3 is 6.03 Å². The summed E-state index contributed by atoms with van der Waals surface area (Å²) in [6, 6.07) is 7.34. The first kappa shape index (κ1) is 15.7. The monoisotopic (exact) mass is 320 g/mol. The summed E-state index contributed by atoms with van der Waals surface area (Å²) >= 11 is 5.73. The molecule has 114 valence electrons. The lowest BCUT2D eigenvalue weighted by molar-refractivity contribution is -0.384. The molecule has 2 amide bonds. The van der Waals surface area contributed by atoms with Crippen molar-refractivity contribution in [1.29, 1.82) is 0 Å². The van der Waals surface area contributed by atoms with Gasteiger partial charge in [-0.15, -0.1) is 0 Å². The van der Waals surface area contributed by atoms with Crippen molar-refractivity contribution in [2.75, 3.05) is 12.4 Å². The molecule has 2 aromatic rings. The molecule has 22 heavy (non-hydrogen) atoms. The van der Waals surface area contributed by atoms with E-state index in [1.807, 2.05) is 6.07 Å². The topological polar surface area (TPSA) is 88.4 Å². The number of nitrogens with one attached hydrogen (secondary N) is 1. The Hall–Kier alpha value is -2.67. The maximum atomic E-state index is 12.1. The zero-order valence-corrected chi connectivity index (χ0v) is 12.4. The number of hydrogen-bond acceptors (Lipinski definition) is 4. The Bertz CT molecular complexity index is 694. The van der Waals surface area contributed by atoms with Crippen LogP contribution in [0.3, 0.4) is 0 Å². The predicted molar refractivity (Wildman–Crippen MR) is 82.8 cm³/mol. The quantitative estimate of drug-likeness (QED) is 0.691. The molecule has 1 heterocycles. The van der Waals surface area contributed by atoms with Crippen LogP contribution in [-0.2, 0) is 6.54 Å². The van der Waals surface area contributed by atoms with Gasteiger partial charge in [-0.05, 0) is 23.8 Å². The Labute approximate surface area is 131 Å². The zero-order chi connectivity index (χ0) is 16.1. The molecule has 1 aromatic heterocycles. The first-order valence-electron chi connectivity index (χ1n) is 6.32. The van der Waals surface area contributed by atoms with Gasteiger partial charge in [0.25, 0.3) is 5.69 Å². The zero-order valence-electron chi connectivity index (χ0n) is 11.7. The van der Waals surface area contributed by atoms with Gasteiger partial charge in [-0.1, -0.05) is 17.7 Å². The molecule has 7 nitrogen and oxygen atoms in total. The van der Waals surface area contributed by atoms with Crippen LogP contribution in [0.25, 0.3) is 0 Å². The van der Waals surface area contributed by atoms with Gasteiger partial charge < -0.3 is 10.2 Å². The number of aromatic nitrogens is 1. The summed E-state index contributed by atoms with van der Waals surface area (Å²) in [6.45, 7) is 0.370. The number of halogens is 1. The number of amides is 2. The highest BCUT2D eigenvalue weighted by molar-refractivity contribution is 6.32. The van der Waals surface area contributed by atoms with E-state index in [0.717, 1.165) is 5.56 Å². The molecule has 0 aliphatic rings. The molecule has 0 fully saturated rings. The minimum Gasteiger partial charge on any atom is -0.323 e. The van der Waals surface area contributed by atoms with Crippen LogP contribution in [0.1, 0.15) is 5.56 Å². The molecule has 0 radical (unpaired) electrons.